The van der Waals surface area contributed by atoms with Crippen LogP contribution in [0.4, 0.5) is 0 Å². The Morgan fingerprint density at radius 3 is 2.48 bits per heavy atom. The zero-order valence-corrected chi connectivity index (χ0v) is 21.0. The van der Waals surface area contributed by atoms with E-state index in [4.69, 9.17) is 16.3 Å². The predicted octanol–water partition coefficient (Wildman–Crippen LogP) is 3.34. The van der Waals surface area contributed by atoms with Crippen molar-refractivity contribution in [3.05, 3.63) is 40.4 Å². The van der Waals surface area contributed by atoms with Gasteiger partial charge in [0.05, 0.1) is 13.2 Å². The first-order valence-corrected chi connectivity index (χ1v) is 12.9. The number of carbonyl (C=O) groups excluding carboxylic acids is 1. The van der Waals surface area contributed by atoms with E-state index >= 15 is 0 Å². The van der Waals surface area contributed by atoms with Crippen molar-refractivity contribution in [2.45, 2.75) is 45.4 Å². The molecule has 2 aliphatic heterocycles. The van der Waals surface area contributed by atoms with Gasteiger partial charge in [0.2, 0.25) is 5.91 Å². The number of ether oxygens (including phenoxy) is 1. The van der Waals surface area contributed by atoms with E-state index in [-0.39, 0.29) is 6.23 Å². The summed E-state index contributed by atoms with van der Waals surface area (Å²) in [6.45, 7) is 12.8. The minimum absolute atomic E-state index is 0.0686. The van der Waals surface area contributed by atoms with Crippen LogP contribution in [-0.4, -0.2) is 103 Å². The van der Waals surface area contributed by atoms with Crippen molar-refractivity contribution >= 4 is 23.6 Å². The number of rotatable bonds is 8. The highest BCUT2D eigenvalue weighted by molar-refractivity contribution is 6.31. The fourth-order valence-corrected chi connectivity index (χ4v) is 5.04. The van der Waals surface area contributed by atoms with Gasteiger partial charge >= 0.3 is 0 Å². The summed E-state index contributed by atoms with van der Waals surface area (Å²) >= 11 is 6.09. The molecule has 33 heavy (non-hydrogen) atoms. The Kier molecular flexibility index (Phi) is 8.83. The molecule has 1 aromatic carbocycles. The van der Waals surface area contributed by atoms with E-state index in [2.05, 4.69) is 44.7 Å². The molecule has 1 aliphatic carbocycles. The molecule has 0 N–H and O–H groups in total. The standard InChI is InChI=1S/C26H39ClN4O2/c1-21-19-23(8-9-25(21)27)5-4-18-33-22(2)29-12-10-28(11-13-29)20-26(32)31-16-14-30(15-17-31)24-6-3-7-24/h4-5,8-9,19,22,24H,3,6-7,10-18,20H2,1-2H3/b5-4+/t22-/m0/s1. The summed E-state index contributed by atoms with van der Waals surface area (Å²) in [5, 5.41) is 0.796. The fraction of sp³-hybridized carbons (Fsp3) is 0.654. The Labute approximate surface area is 204 Å². The van der Waals surface area contributed by atoms with E-state index in [9.17, 15) is 4.79 Å². The predicted molar refractivity (Wildman–Crippen MR) is 134 cm³/mol. The summed E-state index contributed by atoms with van der Waals surface area (Å²) < 4.78 is 6.03. The minimum Gasteiger partial charge on any atom is -0.359 e. The first-order chi connectivity index (χ1) is 16.0. The summed E-state index contributed by atoms with van der Waals surface area (Å²) in [5.41, 5.74) is 2.22. The lowest BCUT2D eigenvalue weighted by atomic mass is 9.91. The molecule has 0 aromatic heterocycles. The molecule has 6 nitrogen and oxygen atoms in total. The zero-order valence-electron chi connectivity index (χ0n) is 20.2. The van der Waals surface area contributed by atoms with E-state index in [0.717, 1.165) is 74.5 Å². The molecule has 1 saturated carbocycles. The van der Waals surface area contributed by atoms with Crippen molar-refractivity contribution < 1.29 is 9.53 Å². The number of carbonyl (C=O) groups is 1. The normalized spacial score (nSPS) is 22.6. The van der Waals surface area contributed by atoms with Gasteiger partial charge in [-0.15, -0.1) is 0 Å². The van der Waals surface area contributed by atoms with Gasteiger partial charge in [0.25, 0.3) is 0 Å². The first-order valence-electron chi connectivity index (χ1n) is 12.5. The third-order valence-corrected chi connectivity index (χ3v) is 7.89. The molecule has 2 saturated heterocycles. The van der Waals surface area contributed by atoms with Crippen LogP contribution in [0.25, 0.3) is 6.08 Å². The van der Waals surface area contributed by atoms with Crippen LogP contribution in [0, 0.1) is 6.92 Å². The number of nitrogens with zero attached hydrogens (tertiary/aromatic N) is 4. The summed E-state index contributed by atoms with van der Waals surface area (Å²) in [4.78, 5) is 22.1. The van der Waals surface area contributed by atoms with E-state index in [0.29, 0.717) is 19.1 Å². The Balaban J connectivity index is 1.12. The van der Waals surface area contributed by atoms with Crippen LogP contribution in [0.5, 0.6) is 0 Å². The van der Waals surface area contributed by atoms with E-state index < -0.39 is 0 Å². The van der Waals surface area contributed by atoms with Gasteiger partial charge in [-0.05, 0) is 43.9 Å². The van der Waals surface area contributed by atoms with Crippen LogP contribution in [0.15, 0.2) is 24.3 Å². The van der Waals surface area contributed by atoms with Crippen LogP contribution in [0.3, 0.4) is 0 Å². The lowest BCUT2D eigenvalue weighted by molar-refractivity contribution is -0.135. The second kappa shape index (κ2) is 11.8. The van der Waals surface area contributed by atoms with Crippen molar-refractivity contribution in [3.8, 4) is 0 Å². The molecule has 1 amide bonds. The molecule has 3 fully saturated rings. The molecule has 2 heterocycles. The van der Waals surface area contributed by atoms with Crippen LogP contribution in [0.2, 0.25) is 5.02 Å². The topological polar surface area (TPSA) is 39.3 Å². The molecule has 3 aliphatic rings. The summed E-state index contributed by atoms with van der Waals surface area (Å²) in [5.74, 6) is 0.295. The van der Waals surface area contributed by atoms with Crippen molar-refractivity contribution in [2.24, 2.45) is 0 Å². The highest BCUT2D eigenvalue weighted by Crippen LogP contribution is 2.25. The van der Waals surface area contributed by atoms with Gasteiger partial charge in [-0.2, -0.15) is 0 Å². The maximum Gasteiger partial charge on any atom is 0.236 e. The van der Waals surface area contributed by atoms with Gasteiger partial charge in [-0.3, -0.25) is 19.5 Å². The van der Waals surface area contributed by atoms with E-state index in [1.807, 2.05) is 19.1 Å². The number of benzene rings is 1. The van der Waals surface area contributed by atoms with Crippen LogP contribution in [0.1, 0.15) is 37.3 Å². The zero-order chi connectivity index (χ0) is 23.2. The second-order valence-electron chi connectivity index (χ2n) is 9.66. The monoisotopic (exact) mass is 474 g/mol. The molecule has 0 unspecified atom stereocenters. The van der Waals surface area contributed by atoms with Crippen LogP contribution < -0.4 is 0 Å². The van der Waals surface area contributed by atoms with Gasteiger partial charge in [0.1, 0.15) is 6.23 Å². The summed E-state index contributed by atoms with van der Waals surface area (Å²) in [6.07, 6.45) is 8.26. The highest BCUT2D eigenvalue weighted by atomic mass is 35.5. The van der Waals surface area contributed by atoms with E-state index in [1.165, 1.54) is 19.3 Å². The second-order valence-corrected chi connectivity index (χ2v) is 10.1. The third kappa shape index (κ3) is 6.80. The Morgan fingerprint density at radius 1 is 1.12 bits per heavy atom. The Bertz CT molecular complexity index is 813. The molecule has 1 aromatic rings. The van der Waals surface area contributed by atoms with Gasteiger partial charge in [0.15, 0.2) is 0 Å². The molecule has 7 heteroatoms. The first kappa shape index (κ1) is 24.7. The number of piperazine rings is 2. The lowest BCUT2D eigenvalue weighted by Gasteiger charge is -2.43. The quantitative estimate of drug-likeness (QED) is 0.578. The van der Waals surface area contributed by atoms with Gasteiger partial charge in [-0.25, -0.2) is 0 Å². The van der Waals surface area contributed by atoms with Gasteiger partial charge < -0.3 is 9.64 Å². The molecule has 0 bridgehead atoms. The number of hydrogen-bond donors (Lipinski definition) is 0. The molecule has 1 atom stereocenters. The molecular formula is C26H39ClN4O2. The van der Waals surface area contributed by atoms with Crippen LogP contribution in [-0.2, 0) is 9.53 Å². The number of halogens is 1. The van der Waals surface area contributed by atoms with Gasteiger partial charge in [-0.1, -0.05) is 42.3 Å². The van der Waals surface area contributed by atoms with Gasteiger partial charge in [0, 0.05) is 63.4 Å². The number of amides is 1. The maximum absolute atomic E-state index is 12.8. The fourth-order valence-electron chi connectivity index (χ4n) is 4.92. The largest absolute Gasteiger partial charge is 0.359 e. The molecule has 182 valence electrons. The Hall–Kier alpha value is -1.44. The number of aryl methyl sites for hydroxylation is 1. The molecular weight excluding hydrogens is 436 g/mol. The molecule has 0 spiro atoms. The maximum atomic E-state index is 12.8. The minimum atomic E-state index is 0.0686. The van der Waals surface area contributed by atoms with Crippen molar-refractivity contribution in [1.29, 1.82) is 0 Å². The van der Waals surface area contributed by atoms with E-state index in [1.54, 1.807) is 0 Å². The van der Waals surface area contributed by atoms with Crippen LogP contribution >= 0.6 is 11.6 Å². The summed E-state index contributed by atoms with van der Waals surface area (Å²) in [7, 11) is 0. The third-order valence-electron chi connectivity index (χ3n) is 7.46. The lowest BCUT2D eigenvalue weighted by Crippen LogP contribution is -2.56. The average Bonchev–Trinajstić information content (AvgIpc) is 2.78. The smallest absolute Gasteiger partial charge is 0.236 e. The SMILES string of the molecule is Cc1cc(/C=C/CO[C@@H](C)N2CCN(CC(=O)N3CCN(C4CCC4)CC3)CC2)ccc1Cl. The average molecular weight is 475 g/mol. The molecule has 4 rings (SSSR count). The Morgan fingerprint density at radius 2 is 1.85 bits per heavy atom. The van der Waals surface area contributed by atoms with Crippen molar-refractivity contribution in [3.63, 3.8) is 0 Å². The van der Waals surface area contributed by atoms with Crippen molar-refractivity contribution in [2.75, 3.05) is 65.5 Å². The number of hydrogen-bond acceptors (Lipinski definition) is 5. The highest BCUT2D eigenvalue weighted by Gasteiger charge is 2.30. The van der Waals surface area contributed by atoms with Crippen molar-refractivity contribution in [1.82, 2.24) is 19.6 Å². The molecule has 0 radical (unpaired) electrons. The summed E-state index contributed by atoms with van der Waals surface area (Å²) in [6, 6.07) is 6.82.